The fourth-order valence-electron chi connectivity index (χ4n) is 4.45. The van der Waals surface area contributed by atoms with Crippen molar-refractivity contribution in [2.75, 3.05) is 11.4 Å². The van der Waals surface area contributed by atoms with Crippen molar-refractivity contribution < 1.29 is 8.78 Å². The molecular weight excluding hydrogens is 448 g/mol. The number of alkyl halides is 2. The highest BCUT2D eigenvalue weighted by molar-refractivity contribution is 5.93. The molecule has 4 heterocycles. The first-order chi connectivity index (χ1) is 17.0. The molecule has 0 radical (unpaired) electrons. The molecule has 35 heavy (non-hydrogen) atoms. The van der Waals surface area contributed by atoms with Crippen LogP contribution in [0.25, 0.3) is 22.0 Å². The lowest BCUT2D eigenvalue weighted by atomic mass is 9.93. The van der Waals surface area contributed by atoms with Crippen molar-refractivity contribution in [3.63, 3.8) is 0 Å². The molecule has 0 bridgehead atoms. The number of anilines is 2. The van der Waals surface area contributed by atoms with Crippen molar-refractivity contribution in [3.05, 3.63) is 69.9 Å². The van der Waals surface area contributed by atoms with Gasteiger partial charge in [0.2, 0.25) is 0 Å². The van der Waals surface area contributed by atoms with Gasteiger partial charge in [0, 0.05) is 53.8 Å². The van der Waals surface area contributed by atoms with Gasteiger partial charge >= 0.3 is 0 Å². The summed E-state index contributed by atoms with van der Waals surface area (Å²) in [4.78, 5) is 19.0. The Morgan fingerprint density at radius 3 is 2.51 bits per heavy atom. The van der Waals surface area contributed by atoms with Gasteiger partial charge in [-0.05, 0) is 55.2 Å². The van der Waals surface area contributed by atoms with E-state index in [2.05, 4.69) is 15.2 Å². The molecule has 5 rings (SSSR count). The van der Waals surface area contributed by atoms with Crippen LogP contribution in [0.3, 0.4) is 0 Å². The molecule has 1 aromatic carbocycles. The van der Waals surface area contributed by atoms with Crippen molar-refractivity contribution in [1.82, 2.24) is 19.7 Å². The van der Waals surface area contributed by atoms with Gasteiger partial charge in [-0.15, -0.1) is 0 Å². The minimum absolute atomic E-state index is 0.0316. The first kappa shape index (κ1) is 26.1. The Labute approximate surface area is 204 Å². The van der Waals surface area contributed by atoms with Crippen LogP contribution in [0.1, 0.15) is 57.2 Å². The highest BCUT2D eigenvalue weighted by Crippen LogP contribution is 2.41. The molecule has 0 fully saturated rings. The normalized spacial score (nSPS) is 12.5. The molecule has 0 amide bonds. The number of nitrogens with zero attached hydrogens (tertiary/aromatic N) is 4. The lowest BCUT2D eigenvalue weighted by molar-refractivity contribution is 0.152. The van der Waals surface area contributed by atoms with Crippen LogP contribution in [0, 0.1) is 6.92 Å². The van der Waals surface area contributed by atoms with Crippen molar-refractivity contribution in [3.8, 4) is 11.1 Å². The summed E-state index contributed by atoms with van der Waals surface area (Å²) < 4.78 is 29.6. The van der Waals surface area contributed by atoms with Crippen LogP contribution in [-0.2, 0) is 13.5 Å². The van der Waals surface area contributed by atoms with Crippen molar-refractivity contribution in [1.29, 1.82) is 0 Å². The zero-order valence-electron chi connectivity index (χ0n) is 21.2. The van der Waals surface area contributed by atoms with Crippen molar-refractivity contribution >= 4 is 22.4 Å². The maximum absolute atomic E-state index is 14.0. The second-order valence-electron chi connectivity index (χ2n) is 7.87. The van der Waals surface area contributed by atoms with Crippen LogP contribution < -0.4 is 10.5 Å². The maximum atomic E-state index is 14.0. The van der Waals surface area contributed by atoms with Crippen LogP contribution in [0.2, 0.25) is 0 Å². The van der Waals surface area contributed by atoms with E-state index in [1.807, 2.05) is 44.7 Å². The molecule has 4 aromatic rings. The van der Waals surface area contributed by atoms with Gasteiger partial charge in [0.15, 0.2) is 0 Å². The highest BCUT2D eigenvalue weighted by Gasteiger charge is 2.26. The summed E-state index contributed by atoms with van der Waals surface area (Å²) in [6.45, 7) is 10.4. The maximum Gasteiger partial charge on any atom is 0.264 e. The fourth-order valence-corrected chi connectivity index (χ4v) is 4.45. The molecule has 0 unspecified atom stereocenters. The van der Waals surface area contributed by atoms with Gasteiger partial charge in [-0.1, -0.05) is 27.7 Å². The summed E-state index contributed by atoms with van der Waals surface area (Å²) in [5.41, 5.74) is 4.15. The molecule has 1 aliphatic heterocycles. The van der Waals surface area contributed by atoms with Crippen LogP contribution in [0.4, 0.5) is 20.3 Å². The SMILES string of the molecule is CC.CC.Cc1cc2c(N3CCCc4cc(-c5cn[nH]c5)c(C(F)F)cc43)nccc2n(C)c1=O. The molecule has 3 aromatic heterocycles. The number of halogens is 2. The fraction of sp³-hybridized carbons (Fsp3) is 0.370. The van der Waals surface area contributed by atoms with E-state index in [4.69, 9.17) is 0 Å². The van der Waals surface area contributed by atoms with Crippen LogP contribution >= 0.6 is 0 Å². The Morgan fingerprint density at radius 1 is 1.11 bits per heavy atom. The van der Waals surface area contributed by atoms with Gasteiger partial charge in [0.1, 0.15) is 5.82 Å². The van der Waals surface area contributed by atoms with Crippen molar-refractivity contribution in [2.45, 2.75) is 53.9 Å². The second-order valence-corrected chi connectivity index (χ2v) is 7.87. The quantitative estimate of drug-likeness (QED) is 0.353. The number of hydrogen-bond acceptors (Lipinski definition) is 4. The monoisotopic (exact) mass is 481 g/mol. The molecule has 6 nitrogen and oxygen atoms in total. The van der Waals surface area contributed by atoms with Gasteiger partial charge in [0.25, 0.3) is 12.0 Å². The first-order valence-corrected chi connectivity index (χ1v) is 12.1. The zero-order chi connectivity index (χ0) is 25.7. The predicted octanol–water partition coefficient (Wildman–Crippen LogP) is 6.71. The van der Waals surface area contributed by atoms with E-state index in [1.54, 1.807) is 49.3 Å². The lowest BCUT2D eigenvalue weighted by Gasteiger charge is -2.32. The Bertz CT molecular complexity index is 1350. The van der Waals surface area contributed by atoms with E-state index in [0.29, 0.717) is 29.1 Å². The molecule has 0 atom stereocenters. The summed E-state index contributed by atoms with van der Waals surface area (Å²) in [5.74, 6) is 0.674. The summed E-state index contributed by atoms with van der Waals surface area (Å²) in [6.07, 6.45) is 3.89. The van der Waals surface area contributed by atoms with E-state index < -0.39 is 6.43 Å². The highest BCUT2D eigenvalue weighted by atomic mass is 19.3. The number of nitrogens with one attached hydrogen (secondary N) is 1. The third-order valence-electron chi connectivity index (χ3n) is 5.98. The van der Waals surface area contributed by atoms with Crippen LogP contribution in [0.15, 0.2) is 47.7 Å². The van der Waals surface area contributed by atoms with Crippen LogP contribution in [-0.4, -0.2) is 26.3 Å². The molecule has 0 spiro atoms. The van der Waals surface area contributed by atoms with Gasteiger partial charge < -0.3 is 9.47 Å². The average Bonchev–Trinajstić information content (AvgIpc) is 3.43. The number of H-pyrrole nitrogens is 1. The molecule has 186 valence electrons. The largest absolute Gasteiger partial charge is 0.326 e. The smallest absolute Gasteiger partial charge is 0.264 e. The summed E-state index contributed by atoms with van der Waals surface area (Å²) in [6, 6.07) is 7.07. The number of rotatable bonds is 3. The van der Waals surface area contributed by atoms with E-state index >= 15 is 0 Å². The number of aryl methyl sites for hydroxylation is 3. The van der Waals surface area contributed by atoms with Gasteiger partial charge in [0.05, 0.1) is 11.7 Å². The number of hydrogen-bond donors (Lipinski definition) is 1. The zero-order valence-corrected chi connectivity index (χ0v) is 21.2. The lowest BCUT2D eigenvalue weighted by Crippen LogP contribution is -2.27. The van der Waals surface area contributed by atoms with Crippen molar-refractivity contribution in [2.24, 2.45) is 7.05 Å². The van der Waals surface area contributed by atoms with E-state index in [9.17, 15) is 13.6 Å². The topological polar surface area (TPSA) is 66.8 Å². The van der Waals surface area contributed by atoms with E-state index in [0.717, 1.165) is 35.0 Å². The summed E-state index contributed by atoms with van der Waals surface area (Å²) in [5, 5.41) is 7.44. The van der Waals surface area contributed by atoms with Gasteiger partial charge in [-0.2, -0.15) is 5.10 Å². The Kier molecular flexibility index (Phi) is 8.38. The van der Waals surface area contributed by atoms with Crippen LogP contribution in [0.5, 0.6) is 0 Å². The minimum Gasteiger partial charge on any atom is -0.326 e. The summed E-state index contributed by atoms with van der Waals surface area (Å²) >= 11 is 0. The molecule has 8 heteroatoms. The Hall–Kier alpha value is -3.55. The average molecular weight is 482 g/mol. The third kappa shape index (κ3) is 4.83. The first-order valence-electron chi connectivity index (χ1n) is 12.1. The number of aromatic amines is 1. The molecule has 0 saturated heterocycles. The molecule has 0 saturated carbocycles. The molecular formula is C27H33F2N5O. The molecule has 0 aliphatic carbocycles. The number of pyridine rings is 2. The Balaban J connectivity index is 0.000000815. The van der Waals surface area contributed by atoms with Gasteiger partial charge in [-0.25, -0.2) is 13.8 Å². The van der Waals surface area contributed by atoms with E-state index in [1.165, 1.54) is 0 Å². The molecule has 1 N–H and O–H groups in total. The standard InChI is InChI=1S/C23H21F2N5O.2C2H6/c1-13-8-18-19(29(2)23(13)31)5-6-26-22(18)30-7-3-4-14-9-16(15-11-27-28-12-15)17(21(24)25)10-20(14)30;2*1-2/h5-6,8-12,21H,3-4,7H2,1-2H3,(H,27,28);2*1-2H3. The number of benzene rings is 1. The molecule has 1 aliphatic rings. The third-order valence-corrected chi connectivity index (χ3v) is 5.98. The Morgan fingerprint density at radius 2 is 1.86 bits per heavy atom. The minimum atomic E-state index is -2.62. The summed E-state index contributed by atoms with van der Waals surface area (Å²) in [7, 11) is 1.73. The second kappa shape index (κ2) is 11.3. The predicted molar refractivity (Wildman–Crippen MR) is 139 cm³/mol. The number of fused-ring (bicyclic) bond motifs is 2. The number of aromatic nitrogens is 4. The van der Waals surface area contributed by atoms with Gasteiger partial charge in [-0.3, -0.25) is 9.89 Å². The van der Waals surface area contributed by atoms with E-state index in [-0.39, 0.29) is 11.1 Å².